The summed E-state index contributed by atoms with van der Waals surface area (Å²) in [5, 5.41) is 11.6. The van der Waals surface area contributed by atoms with Crippen molar-refractivity contribution < 1.29 is 4.79 Å². The topological polar surface area (TPSA) is 61.0 Å². The Balaban J connectivity index is 1.32. The Morgan fingerprint density at radius 1 is 1.16 bits per heavy atom. The molecule has 1 saturated heterocycles. The van der Waals surface area contributed by atoms with Crippen LogP contribution in [-0.2, 0) is 0 Å². The molecule has 168 valence electrons. The first kappa shape index (κ1) is 22.8. The number of nitrogens with one attached hydrogen (secondary N) is 2. The number of likely N-dealkylation sites (tertiary alicyclic amines) is 1. The third-order valence-electron chi connectivity index (χ3n) is 6.09. The lowest BCUT2D eigenvalue weighted by atomic mass is 10.0. The molecule has 1 aliphatic heterocycles. The fourth-order valence-corrected chi connectivity index (χ4v) is 4.69. The third-order valence-corrected chi connectivity index (χ3v) is 6.64. The quantitative estimate of drug-likeness (QED) is 0.413. The molecule has 2 heterocycles. The van der Waals surface area contributed by atoms with Crippen LogP contribution in [0.25, 0.3) is 22.5 Å². The number of rotatable bonds is 7. The molecule has 4 rings (SSSR count). The summed E-state index contributed by atoms with van der Waals surface area (Å²) in [4.78, 5) is 15.0. The van der Waals surface area contributed by atoms with E-state index < -0.39 is 0 Å². The standard InChI is InChI=1S/C25H28Cl2N4O/c1-17-5-2-3-13-31(17)14-4-12-28-25(32)19-8-6-18(7-9-19)23-16-24(30-29-23)21-11-10-20(26)15-22(21)27/h6-11,15-17H,2-5,12-14H2,1H3,(H,28,32)(H,29,30)/t17-/m0/s1. The molecule has 0 unspecified atom stereocenters. The Hall–Kier alpha value is -2.34. The number of hydrogen-bond donors (Lipinski definition) is 2. The zero-order valence-corrected chi connectivity index (χ0v) is 19.7. The Kier molecular flexibility index (Phi) is 7.51. The first-order chi connectivity index (χ1) is 15.5. The molecule has 2 aromatic carbocycles. The van der Waals surface area contributed by atoms with Crippen LogP contribution in [0, 0.1) is 0 Å². The minimum absolute atomic E-state index is 0.0427. The second-order valence-electron chi connectivity index (χ2n) is 8.36. The van der Waals surface area contributed by atoms with Crippen LogP contribution in [0.5, 0.6) is 0 Å². The van der Waals surface area contributed by atoms with E-state index in [9.17, 15) is 4.79 Å². The van der Waals surface area contributed by atoms with Gasteiger partial charge in [-0.15, -0.1) is 0 Å². The molecule has 3 aromatic rings. The summed E-state index contributed by atoms with van der Waals surface area (Å²) in [6.45, 7) is 5.20. The molecular weight excluding hydrogens is 443 g/mol. The van der Waals surface area contributed by atoms with Gasteiger partial charge < -0.3 is 10.2 Å². The van der Waals surface area contributed by atoms with Crippen molar-refractivity contribution in [3.63, 3.8) is 0 Å². The number of hydrogen-bond acceptors (Lipinski definition) is 3. The number of H-pyrrole nitrogens is 1. The average Bonchev–Trinajstić information content (AvgIpc) is 3.28. The van der Waals surface area contributed by atoms with Gasteiger partial charge in [-0.3, -0.25) is 9.89 Å². The third kappa shape index (κ3) is 5.52. The highest BCUT2D eigenvalue weighted by atomic mass is 35.5. The van der Waals surface area contributed by atoms with Gasteiger partial charge in [-0.25, -0.2) is 0 Å². The van der Waals surface area contributed by atoms with E-state index in [4.69, 9.17) is 23.2 Å². The molecule has 1 fully saturated rings. The van der Waals surface area contributed by atoms with Crippen molar-refractivity contribution in [1.82, 2.24) is 20.4 Å². The minimum Gasteiger partial charge on any atom is -0.352 e. The van der Waals surface area contributed by atoms with Crippen molar-refractivity contribution in [2.45, 2.75) is 38.6 Å². The molecule has 0 aliphatic carbocycles. The predicted octanol–water partition coefficient (Wildman–Crippen LogP) is 6.04. The van der Waals surface area contributed by atoms with Crippen LogP contribution in [0.3, 0.4) is 0 Å². The lowest BCUT2D eigenvalue weighted by Crippen LogP contribution is -2.39. The predicted molar refractivity (Wildman–Crippen MR) is 131 cm³/mol. The van der Waals surface area contributed by atoms with Crippen molar-refractivity contribution in [2.24, 2.45) is 0 Å². The van der Waals surface area contributed by atoms with E-state index in [0.29, 0.717) is 28.2 Å². The summed E-state index contributed by atoms with van der Waals surface area (Å²) < 4.78 is 0. The van der Waals surface area contributed by atoms with Gasteiger partial charge in [0, 0.05) is 40.8 Å². The molecule has 0 radical (unpaired) electrons. The molecule has 0 saturated carbocycles. The zero-order chi connectivity index (χ0) is 22.5. The Morgan fingerprint density at radius 2 is 1.97 bits per heavy atom. The maximum absolute atomic E-state index is 12.5. The first-order valence-corrected chi connectivity index (χ1v) is 11.9. The number of aromatic nitrogens is 2. The average molecular weight is 471 g/mol. The second-order valence-corrected chi connectivity index (χ2v) is 9.20. The smallest absolute Gasteiger partial charge is 0.251 e. The first-order valence-electron chi connectivity index (χ1n) is 11.1. The molecule has 1 aliphatic rings. The summed E-state index contributed by atoms with van der Waals surface area (Å²) in [5.74, 6) is -0.0427. The van der Waals surface area contributed by atoms with E-state index in [1.54, 1.807) is 12.1 Å². The van der Waals surface area contributed by atoms with Gasteiger partial charge in [-0.2, -0.15) is 5.10 Å². The number of amides is 1. The molecule has 1 amide bonds. The van der Waals surface area contributed by atoms with Crippen molar-refractivity contribution in [2.75, 3.05) is 19.6 Å². The number of nitrogens with zero attached hydrogens (tertiary/aromatic N) is 2. The molecule has 1 aromatic heterocycles. The van der Waals surface area contributed by atoms with Crippen LogP contribution in [-0.4, -0.2) is 46.7 Å². The molecular formula is C25H28Cl2N4O. The van der Waals surface area contributed by atoms with E-state index in [2.05, 4.69) is 27.3 Å². The van der Waals surface area contributed by atoms with Crippen molar-refractivity contribution in [3.8, 4) is 22.5 Å². The summed E-state index contributed by atoms with van der Waals surface area (Å²) in [6, 6.07) is 15.4. The van der Waals surface area contributed by atoms with Crippen LogP contribution < -0.4 is 5.32 Å². The van der Waals surface area contributed by atoms with Crippen LogP contribution in [0.4, 0.5) is 0 Å². The fraction of sp³-hybridized carbons (Fsp3) is 0.360. The molecule has 5 nitrogen and oxygen atoms in total. The van der Waals surface area contributed by atoms with Crippen LogP contribution in [0.15, 0.2) is 48.5 Å². The number of benzene rings is 2. The van der Waals surface area contributed by atoms with Crippen molar-refractivity contribution in [3.05, 3.63) is 64.1 Å². The normalized spacial score (nSPS) is 16.8. The lowest BCUT2D eigenvalue weighted by Gasteiger charge is -2.33. The van der Waals surface area contributed by atoms with Crippen molar-refractivity contribution in [1.29, 1.82) is 0 Å². The SMILES string of the molecule is C[C@H]1CCCCN1CCCNC(=O)c1ccc(-c2cc(-c3ccc(Cl)cc3Cl)[nH]n2)cc1. The molecule has 0 spiro atoms. The van der Waals surface area contributed by atoms with Crippen LogP contribution in [0.1, 0.15) is 43.0 Å². The number of carbonyl (C=O) groups is 1. The van der Waals surface area contributed by atoms with Gasteiger partial charge in [0.25, 0.3) is 5.91 Å². The Bertz CT molecular complexity index is 1060. The summed E-state index contributed by atoms with van der Waals surface area (Å²) in [7, 11) is 0. The zero-order valence-electron chi connectivity index (χ0n) is 18.2. The largest absolute Gasteiger partial charge is 0.352 e. The van der Waals surface area contributed by atoms with Gasteiger partial charge in [0.15, 0.2) is 0 Å². The van der Waals surface area contributed by atoms with E-state index >= 15 is 0 Å². The van der Waals surface area contributed by atoms with Gasteiger partial charge in [0.05, 0.1) is 16.4 Å². The Labute approximate surface area is 199 Å². The molecule has 32 heavy (non-hydrogen) atoms. The van der Waals surface area contributed by atoms with E-state index in [-0.39, 0.29) is 5.91 Å². The molecule has 0 bridgehead atoms. The summed E-state index contributed by atoms with van der Waals surface area (Å²) >= 11 is 12.3. The highest BCUT2D eigenvalue weighted by Gasteiger charge is 2.17. The molecule has 1 atom stereocenters. The van der Waals surface area contributed by atoms with Gasteiger partial charge in [-0.1, -0.05) is 41.8 Å². The summed E-state index contributed by atoms with van der Waals surface area (Å²) in [5.41, 5.74) is 4.01. The number of carbonyl (C=O) groups excluding carboxylic acids is 1. The van der Waals surface area contributed by atoms with E-state index in [0.717, 1.165) is 35.5 Å². The number of piperidine rings is 1. The van der Waals surface area contributed by atoms with Crippen molar-refractivity contribution >= 4 is 29.1 Å². The summed E-state index contributed by atoms with van der Waals surface area (Å²) in [6.07, 6.45) is 4.87. The minimum atomic E-state index is -0.0427. The maximum atomic E-state index is 12.5. The molecule has 2 N–H and O–H groups in total. The van der Waals surface area contributed by atoms with Gasteiger partial charge in [0.1, 0.15) is 0 Å². The molecule has 7 heteroatoms. The van der Waals surface area contributed by atoms with Gasteiger partial charge in [0.2, 0.25) is 0 Å². The maximum Gasteiger partial charge on any atom is 0.251 e. The second kappa shape index (κ2) is 10.5. The van der Waals surface area contributed by atoms with Crippen LogP contribution in [0.2, 0.25) is 10.0 Å². The number of aromatic amines is 1. The van der Waals surface area contributed by atoms with Gasteiger partial charge in [-0.05, 0) is 69.1 Å². The van der Waals surface area contributed by atoms with E-state index in [1.807, 2.05) is 36.4 Å². The lowest BCUT2D eigenvalue weighted by molar-refractivity contribution is 0.0949. The number of halogens is 2. The monoisotopic (exact) mass is 470 g/mol. The highest BCUT2D eigenvalue weighted by Crippen LogP contribution is 2.31. The van der Waals surface area contributed by atoms with Gasteiger partial charge >= 0.3 is 0 Å². The fourth-order valence-electron chi connectivity index (χ4n) is 4.18. The van der Waals surface area contributed by atoms with Crippen LogP contribution >= 0.6 is 23.2 Å². The highest BCUT2D eigenvalue weighted by molar-refractivity contribution is 6.36. The van der Waals surface area contributed by atoms with E-state index in [1.165, 1.54) is 25.8 Å². The Morgan fingerprint density at radius 3 is 2.72 bits per heavy atom.